The number of fused-ring (bicyclic) bond motifs is 2. The van der Waals surface area contributed by atoms with Crippen molar-refractivity contribution in [1.82, 2.24) is 30.2 Å². The van der Waals surface area contributed by atoms with E-state index in [1.165, 1.54) is 0 Å². The van der Waals surface area contributed by atoms with Gasteiger partial charge in [-0.05, 0) is 66.4 Å². The van der Waals surface area contributed by atoms with Crippen LogP contribution in [0, 0.1) is 0 Å². The number of carboxylic acid groups (broad SMARTS) is 2. The number of halogens is 6. The van der Waals surface area contributed by atoms with Gasteiger partial charge in [0, 0.05) is 36.3 Å². The number of nitrogens with one attached hydrogen (secondary N) is 2. The van der Waals surface area contributed by atoms with Crippen LogP contribution >= 0.6 is 0 Å². The minimum absolute atomic E-state index is 0.0435. The van der Waals surface area contributed by atoms with Crippen molar-refractivity contribution in [1.29, 1.82) is 0 Å². The van der Waals surface area contributed by atoms with Crippen LogP contribution in [-0.2, 0) is 22.4 Å². The fourth-order valence-corrected chi connectivity index (χ4v) is 4.60. The molecular weight excluding hydrogens is 692 g/mol. The van der Waals surface area contributed by atoms with Gasteiger partial charge in [-0.15, -0.1) is 0 Å². The molecule has 6 rings (SSSR count). The average molecular weight is 720 g/mol. The average Bonchev–Trinajstić information content (AvgIpc) is 3.52. The first-order valence-electron chi connectivity index (χ1n) is 14.6. The number of hydrogen-bond donors (Lipinski definition) is 5. The van der Waals surface area contributed by atoms with E-state index in [-0.39, 0.29) is 17.8 Å². The van der Waals surface area contributed by atoms with Gasteiger partial charge in [-0.3, -0.25) is 9.78 Å². The van der Waals surface area contributed by atoms with E-state index in [0.717, 1.165) is 57.8 Å². The number of nitrogen functional groups attached to an aromatic ring is 1. The summed E-state index contributed by atoms with van der Waals surface area (Å²) in [7, 11) is 0. The quantitative estimate of drug-likeness (QED) is 0.148. The lowest BCUT2D eigenvalue weighted by Crippen LogP contribution is -2.26. The third-order valence-electron chi connectivity index (χ3n) is 6.99. The molecule has 268 valence electrons. The number of carbonyl (C=O) groups excluding carboxylic acids is 1. The van der Waals surface area contributed by atoms with E-state index in [4.69, 9.17) is 35.3 Å². The second-order valence-corrected chi connectivity index (χ2v) is 10.7. The Hall–Kier alpha value is -6.27. The van der Waals surface area contributed by atoms with Crippen LogP contribution in [0.3, 0.4) is 0 Å². The number of imidazole rings is 1. The number of H-pyrrole nitrogens is 1. The van der Waals surface area contributed by atoms with Crippen molar-refractivity contribution in [3.05, 3.63) is 95.7 Å². The molecule has 5 aromatic rings. The lowest BCUT2D eigenvalue weighted by Gasteiger charge is -2.24. The maximum Gasteiger partial charge on any atom is 0.490 e. The Balaban J connectivity index is 0.000000353. The number of alkyl halides is 6. The molecule has 2 aromatic carbocycles. The molecule has 0 spiro atoms. The molecule has 4 heterocycles. The van der Waals surface area contributed by atoms with Gasteiger partial charge in [0.2, 0.25) is 5.95 Å². The molecule has 51 heavy (non-hydrogen) atoms. The molecule has 13 nitrogen and oxygen atoms in total. The molecule has 0 radical (unpaired) electrons. The fraction of sp³-hybridized carbons (Fsp3) is 0.219. The maximum absolute atomic E-state index is 12.8. The zero-order valence-electron chi connectivity index (χ0n) is 26.0. The van der Waals surface area contributed by atoms with Gasteiger partial charge in [-0.2, -0.15) is 26.3 Å². The number of aliphatic carboxylic acids is 2. The number of nitrogens with zero attached hydrogens (tertiary/aromatic N) is 4. The lowest BCUT2D eigenvalue weighted by molar-refractivity contribution is -0.193. The number of amides is 1. The summed E-state index contributed by atoms with van der Waals surface area (Å²) in [5.74, 6) is -3.67. The van der Waals surface area contributed by atoms with Crippen molar-refractivity contribution in [3.63, 3.8) is 0 Å². The zero-order valence-corrected chi connectivity index (χ0v) is 26.0. The third kappa shape index (κ3) is 10.6. The maximum atomic E-state index is 12.8. The normalized spacial score (nSPS) is 13.7. The largest absolute Gasteiger partial charge is 0.493 e. The summed E-state index contributed by atoms with van der Waals surface area (Å²) in [6.07, 6.45) is -3.52. The van der Waals surface area contributed by atoms with E-state index in [9.17, 15) is 31.1 Å². The monoisotopic (exact) mass is 719 g/mol. The van der Waals surface area contributed by atoms with Gasteiger partial charge in [0.15, 0.2) is 0 Å². The number of carboxylic acids is 2. The van der Waals surface area contributed by atoms with Crippen LogP contribution in [0.2, 0.25) is 0 Å². The highest BCUT2D eigenvalue weighted by atomic mass is 19.4. The molecule has 0 saturated carbocycles. The number of hydrogen-bond acceptors (Lipinski definition) is 9. The number of nitrogens with two attached hydrogens (primary N) is 1. The van der Waals surface area contributed by atoms with E-state index in [2.05, 4.69) is 25.3 Å². The Kier molecular flexibility index (Phi) is 11.8. The summed E-state index contributed by atoms with van der Waals surface area (Å²) in [5.41, 5.74) is 11.9. The van der Waals surface area contributed by atoms with Crippen LogP contribution in [0.5, 0.6) is 5.75 Å². The van der Waals surface area contributed by atoms with Crippen LogP contribution in [0.1, 0.15) is 33.2 Å². The zero-order chi connectivity index (χ0) is 37.3. The van der Waals surface area contributed by atoms with Gasteiger partial charge >= 0.3 is 24.3 Å². The highest BCUT2D eigenvalue weighted by Gasteiger charge is 2.39. The lowest BCUT2D eigenvalue weighted by atomic mass is 9.94. The number of pyridine rings is 1. The molecule has 3 aromatic heterocycles. The number of aromatic amines is 1. The summed E-state index contributed by atoms with van der Waals surface area (Å²) in [6.45, 7) is 1.06. The first-order valence-corrected chi connectivity index (χ1v) is 14.6. The Labute approximate surface area is 283 Å². The molecule has 19 heteroatoms. The minimum Gasteiger partial charge on any atom is -0.493 e. The smallest absolute Gasteiger partial charge is 0.490 e. The van der Waals surface area contributed by atoms with E-state index in [1.54, 1.807) is 18.5 Å². The van der Waals surface area contributed by atoms with Crippen LogP contribution in [0.15, 0.2) is 73.2 Å². The highest BCUT2D eigenvalue weighted by Crippen LogP contribution is 2.33. The number of ether oxygens (including phenoxy) is 1. The molecule has 0 saturated heterocycles. The van der Waals surface area contributed by atoms with Gasteiger partial charge in [-0.25, -0.2) is 24.5 Å². The van der Waals surface area contributed by atoms with Gasteiger partial charge in [0.05, 0.1) is 29.3 Å². The van der Waals surface area contributed by atoms with Crippen LogP contribution in [0.25, 0.3) is 22.3 Å². The predicted octanol–water partition coefficient (Wildman–Crippen LogP) is 4.95. The predicted molar refractivity (Wildman–Crippen MR) is 168 cm³/mol. The van der Waals surface area contributed by atoms with Crippen molar-refractivity contribution in [3.8, 4) is 17.0 Å². The summed E-state index contributed by atoms with van der Waals surface area (Å²) < 4.78 is 69.5. The Bertz CT molecular complexity index is 1980. The number of benzene rings is 2. The van der Waals surface area contributed by atoms with Gasteiger partial charge < -0.3 is 31.0 Å². The fourth-order valence-electron chi connectivity index (χ4n) is 4.60. The summed E-state index contributed by atoms with van der Waals surface area (Å²) >= 11 is 0. The number of anilines is 1. The SMILES string of the molecule is Nc1nccc(-c2ccc3nc(C4COc5ccc(C(=O)NCCc6cccnc6)cc5C4)[nH]c3c2)n1.O=C(O)C(F)(F)F.O=C(O)C(F)(F)F. The van der Waals surface area contributed by atoms with E-state index < -0.39 is 24.3 Å². The molecule has 1 amide bonds. The van der Waals surface area contributed by atoms with Crippen molar-refractivity contribution in [2.75, 3.05) is 18.9 Å². The van der Waals surface area contributed by atoms with Crippen molar-refractivity contribution >= 4 is 34.8 Å². The van der Waals surface area contributed by atoms with Gasteiger partial charge in [0.1, 0.15) is 11.6 Å². The van der Waals surface area contributed by atoms with Crippen LogP contribution in [-0.4, -0.2) is 78.5 Å². The molecule has 1 aliphatic rings. The van der Waals surface area contributed by atoms with E-state index in [1.807, 2.05) is 54.7 Å². The first-order chi connectivity index (χ1) is 24.0. The molecule has 0 fully saturated rings. The topological polar surface area (TPSA) is 206 Å². The summed E-state index contributed by atoms with van der Waals surface area (Å²) in [4.78, 5) is 51.2. The molecule has 0 bridgehead atoms. The van der Waals surface area contributed by atoms with E-state index >= 15 is 0 Å². The Morgan fingerprint density at radius 3 is 2.27 bits per heavy atom. The molecule has 1 aliphatic heterocycles. The van der Waals surface area contributed by atoms with Gasteiger partial charge in [0.25, 0.3) is 5.91 Å². The van der Waals surface area contributed by atoms with Gasteiger partial charge in [-0.1, -0.05) is 12.1 Å². The van der Waals surface area contributed by atoms with Crippen LogP contribution in [0.4, 0.5) is 32.3 Å². The third-order valence-corrected chi connectivity index (χ3v) is 6.99. The second-order valence-electron chi connectivity index (χ2n) is 10.7. The molecule has 6 N–H and O–H groups in total. The molecule has 1 atom stereocenters. The second kappa shape index (κ2) is 16.0. The summed E-state index contributed by atoms with van der Waals surface area (Å²) in [5, 5.41) is 17.2. The first kappa shape index (κ1) is 37.5. The van der Waals surface area contributed by atoms with Crippen molar-refractivity contribution in [2.24, 2.45) is 0 Å². The standard InChI is InChI=1S/C28H25N7O2.2C2HF3O2/c29-28-32-11-8-22(35-28)18-3-5-23-24(14-18)34-26(33-23)21-13-20-12-19(4-6-25(20)37-16-21)27(36)31-10-7-17-2-1-9-30-15-17;2*3-2(4,5)1(6)7/h1-6,8-9,11-12,14-15,21H,7,10,13,16H2,(H,31,36)(H,33,34)(H2,29,32,35);2*(H,6,7). The highest BCUT2D eigenvalue weighted by molar-refractivity contribution is 5.94. The Morgan fingerprint density at radius 2 is 1.65 bits per heavy atom. The van der Waals surface area contributed by atoms with Crippen molar-refractivity contribution < 1.29 is 55.7 Å². The molecule has 0 aliphatic carbocycles. The summed E-state index contributed by atoms with van der Waals surface area (Å²) in [6, 6.07) is 17.3. The number of carbonyl (C=O) groups is 3. The number of aromatic nitrogens is 5. The van der Waals surface area contributed by atoms with Crippen LogP contribution < -0.4 is 15.8 Å². The van der Waals surface area contributed by atoms with Crippen molar-refractivity contribution in [2.45, 2.75) is 31.1 Å². The van der Waals surface area contributed by atoms with E-state index in [0.29, 0.717) is 18.7 Å². The Morgan fingerprint density at radius 1 is 0.941 bits per heavy atom. The minimum atomic E-state index is -5.08. The number of rotatable bonds is 6. The molecule has 1 unspecified atom stereocenters. The molecular formula is C32H27F6N7O6.